The fraction of sp³-hybridized carbons (Fsp3) is 0.250. The lowest BCUT2D eigenvalue weighted by Gasteiger charge is -2.23. The van der Waals surface area contributed by atoms with E-state index in [1.807, 2.05) is 60.7 Å². The Kier molecular flexibility index (Phi) is 6.26. The van der Waals surface area contributed by atoms with Crippen LogP contribution in [0.15, 0.2) is 77.2 Å². The zero-order chi connectivity index (χ0) is 20.9. The molecule has 0 radical (unpaired) electrons. The molecule has 1 unspecified atom stereocenters. The standard InChI is InChI=1S/C24H25N3O2S/c1-26(16-21-9-6-14-30-21)17-24(28)27-23(19-10-12-20(29-2)13-11-19)15-22(25-27)18-7-4-3-5-8-18/h3-14,23H,15-17H2,1-2H3/p+1/t23-/m0/s1. The van der Waals surface area contributed by atoms with E-state index in [0.29, 0.717) is 13.0 Å². The van der Waals surface area contributed by atoms with Crippen LogP contribution in [0.25, 0.3) is 0 Å². The van der Waals surface area contributed by atoms with Crippen molar-refractivity contribution in [2.24, 2.45) is 5.10 Å². The number of hydrogen-bond acceptors (Lipinski definition) is 4. The summed E-state index contributed by atoms with van der Waals surface area (Å²) in [5.74, 6) is 0.842. The first-order chi connectivity index (χ1) is 14.6. The van der Waals surface area contributed by atoms with Crippen molar-refractivity contribution in [1.82, 2.24) is 5.01 Å². The second-order valence-electron chi connectivity index (χ2n) is 7.53. The van der Waals surface area contributed by atoms with Crippen LogP contribution in [-0.2, 0) is 11.3 Å². The first-order valence-electron chi connectivity index (χ1n) is 10.1. The SMILES string of the molecule is COc1ccc([C@@H]2CC(c3ccccc3)=NN2C(=O)C[NH+](C)Cc2cccs2)cc1. The molecule has 2 heterocycles. The number of amides is 1. The molecule has 0 fully saturated rings. The fourth-order valence-corrected chi connectivity index (χ4v) is 4.56. The quantitative estimate of drug-likeness (QED) is 0.638. The molecule has 30 heavy (non-hydrogen) atoms. The summed E-state index contributed by atoms with van der Waals surface area (Å²) in [5.41, 5.74) is 3.07. The van der Waals surface area contributed by atoms with E-state index in [4.69, 9.17) is 9.84 Å². The maximum Gasteiger partial charge on any atom is 0.298 e. The summed E-state index contributed by atoms with van der Waals surface area (Å²) in [6.45, 7) is 1.23. The van der Waals surface area contributed by atoms with E-state index >= 15 is 0 Å². The van der Waals surface area contributed by atoms with E-state index in [2.05, 4.69) is 18.5 Å². The summed E-state index contributed by atoms with van der Waals surface area (Å²) >= 11 is 1.72. The van der Waals surface area contributed by atoms with Gasteiger partial charge >= 0.3 is 0 Å². The number of benzene rings is 2. The molecule has 1 amide bonds. The minimum atomic E-state index is -0.104. The number of hydrazone groups is 1. The number of methoxy groups -OCH3 is 1. The molecule has 3 aromatic rings. The fourth-order valence-electron chi connectivity index (χ4n) is 3.74. The first-order valence-corrected chi connectivity index (χ1v) is 10.9. The number of nitrogens with zero attached hydrogens (tertiary/aromatic N) is 2. The molecule has 1 aromatic heterocycles. The Labute approximate surface area is 181 Å². The highest BCUT2D eigenvalue weighted by molar-refractivity contribution is 7.09. The lowest BCUT2D eigenvalue weighted by atomic mass is 9.98. The van der Waals surface area contributed by atoms with Gasteiger partial charge in [0, 0.05) is 6.42 Å². The smallest absolute Gasteiger partial charge is 0.298 e. The van der Waals surface area contributed by atoms with Gasteiger partial charge in [-0.1, -0.05) is 48.5 Å². The van der Waals surface area contributed by atoms with Crippen molar-refractivity contribution in [2.45, 2.75) is 19.0 Å². The van der Waals surface area contributed by atoms with Crippen LogP contribution in [-0.4, -0.2) is 37.3 Å². The molecule has 1 N–H and O–H groups in total. The van der Waals surface area contributed by atoms with Crippen molar-refractivity contribution < 1.29 is 14.4 Å². The first kappa shape index (κ1) is 20.3. The minimum absolute atomic E-state index is 0.0378. The molecule has 6 heteroatoms. The van der Waals surface area contributed by atoms with Crippen LogP contribution >= 0.6 is 11.3 Å². The van der Waals surface area contributed by atoms with Gasteiger partial charge in [-0.3, -0.25) is 4.79 Å². The lowest BCUT2D eigenvalue weighted by molar-refractivity contribution is -0.885. The van der Waals surface area contributed by atoms with Crippen LogP contribution in [0.3, 0.4) is 0 Å². The molecule has 1 aliphatic heterocycles. The lowest BCUT2D eigenvalue weighted by Crippen LogP contribution is -3.08. The van der Waals surface area contributed by atoms with Crippen molar-refractivity contribution in [3.8, 4) is 5.75 Å². The molecular formula is C24H26N3O2S+. The van der Waals surface area contributed by atoms with E-state index in [9.17, 15) is 4.79 Å². The molecule has 2 atom stereocenters. The van der Waals surface area contributed by atoms with Gasteiger partial charge in [0.1, 0.15) is 12.3 Å². The van der Waals surface area contributed by atoms with Crippen LogP contribution in [0.4, 0.5) is 0 Å². The van der Waals surface area contributed by atoms with Crippen molar-refractivity contribution in [2.75, 3.05) is 20.7 Å². The van der Waals surface area contributed by atoms with Crippen LogP contribution in [0.2, 0.25) is 0 Å². The molecule has 1 aliphatic rings. The highest BCUT2D eigenvalue weighted by Gasteiger charge is 2.34. The summed E-state index contributed by atoms with van der Waals surface area (Å²) in [4.78, 5) is 15.7. The van der Waals surface area contributed by atoms with Crippen LogP contribution in [0.1, 0.15) is 28.5 Å². The number of thiophene rings is 1. The Hall–Kier alpha value is -2.96. The van der Waals surface area contributed by atoms with E-state index in [-0.39, 0.29) is 11.9 Å². The summed E-state index contributed by atoms with van der Waals surface area (Å²) in [7, 11) is 3.71. The normalized spacial score (nSPS) is 16.9. The Morgan fingerprint density at radius 2 is 1.90 bits per heavy atom. The largest absolute Gasteiger partial charge is 0.497 e. The minimum Gasteiger partial charge on any atom is -0.497 e. The maximum atomic E-state index is 13.2. The van der Waals surface area contributed by atoms with Gasteiger partial charge in [-0.05, 0) is 34.7 Å². The van der Waals surface area contributed by atoms with Crippen LogP contribution in [0, 0.1) is 0 Å². The molecule has 4 rings (SSSR count). The zero-order valence-corrected chi connectivity index (χ0v) is 18.1. The number of nitrogens with one attached hydrogen (secondary N) is 1. The van der Waals surface area contributed by atoms with E-state index in [1.165, 1.54) is 4.88 Å². The van der Waals surface area contributed by atoms with E-state index in [0.717, 1.165) is 34.0 Å². The van der Waals surface area contributed by atoms with Crippen molar-refractivity contribution in [1.29, 1.82) is 0 Å². The molecular weight excluding hydrogens is 394 g/mol. The monoisotopic (exact) mass is 420 g/mol. The third kappa shape index (κ3) is 4.61. The van der Waals surface area contributed by atoms with Gasteiger partial charge < -0.3 is 9.64 Å². The molecule has 0 aliphatic carbocycles. The van der Waals surface area contributed by atoms with Crippen molar-refractivity contribution in [3.05, 3.63) is 88.1 Å². The van der Waals surface area contributed by atoms with Gasteiger partial charge in [0.2, 0.25) is 0 Å². The summed E-state index contributed by atoms with van der Waals surface area (Å²) in [5, 5.41) is 8.52. The highest BCUT2D eigenvalue weighted by atomic mass is 32.1. The number of carbonyl (C=O) groups excluding carboxylic acids is 1. The number of ether oxygens (including phenoxy) is 1. The van der Waals surface area contributed by atoms with E-state index < -0.39 is 0 Å². The van der Waals surface area contributed by atoms with E-state index in [1.54, 1.807) is 23.5 Å². The zero-order valence-electron chi connectivity index (χ0n) is 17.2. The van der Waals surface area contributed by atoms with Gasteiger partial charge in [0.15, 0.2) is 6.54 Å². The number of hydrogen-bond donors (Lipinski definition) is 1. The average molecular weight is 421 g/mol. The molecule has 2 aromatic carbocycles. The number of likely N-dealkylation sites (N-methyl/N-ethyl adjacent to an activating group) is 1. The summed E-state index contributed by atoms with van der Waals surface area (Å²) < 4.78 is 5.29. The predicted molar refractivity (Wildman–Crippen MR) is 120 cm³/mol. The molecule has 0 saturated carbocycles. The molecule has 0 bridgehead atoms. The highest BCUT2D eigenvalue weighted by Crippen LogP contribution is 2.33. The Morgan fingerprint density at radius 1 is 1.13 bits per heavy atom. The van der Waals surface area contributed by atoms with Crippen LogP contribution in [0.5, 0.6) is 5.75 Å². The topological polar surface area (TPSA) is 46.3 Å². The average Bonchev–Trinajstić information content (AvgIpc) is 3.44. The number of rotatable bonds is 7. The predicted octanol–water partition coefficient (Wildman–Crippen LogP) is 3.15. The van der Waals surface area contributed by atoms with Gasteiger partial charge in [-0.15, -0.1) is 11.3 Å². The van der Waals surface area contributed by atoms with Gasteiger partial charge in [0.05, 0.1) is 30.8 Å². The summed E-state index contributed by atoms with van der Waals surface area (Å²) in [6.07, 6.45) is 0.700. The van der Waals surface area contributed by atoms with Gasteiger partial charge in [-0.25, -0.2) is 5.01 Å². The Balaban J connectivity index is 1.56. The Bertz CT molecular complexity index is 1000. The molecule has 5 nitrogen and oxygen atoms in total. The van der Waals surface area contributed by atoms with Crippen LogP contribution < -0.4 is 9.64 Å². The van der Waals surface area contributed by atoms with Crippen molar-refractivity contribution >= 4 is 23.0 Å². The second-order valence-corrected chi connectivity index (χ2v) is 8.57. The summed E-state index contributed by atoms with van der Waals surface area (Å²) in [6, 6.07) is 22.1. The van der Waals surface area contributed by atoms with Gasteiger partial charge in [0.25, 0.3) is 5.91 Å². The third-order valence-corrected chi connectivity index (χ3v) is 6.16. The number of quaternary nitrogens is 1. The molecule has 154 valence electrons. The second kappa shape index (κ2) is 9.24. The van der Waals surface area contributed by atoms with Crippen molar-refractivity contribution in [3.63, 3.8) is 0 Å². The molecule has 0 saturated heterocycles. The maximum absolute atomic E-state index is 13.2. The number of carbonyl (C=O) groups is 1. The Morgan fingerprint density at radius 3 is 2.57 bits per heavy atom. The third-order valence-electron chi connectivity index (χ3n) is 5.28. The molecule has 0 spiro atoms. The van der Waals surface area contributed by atoms with Gasteiger partial charge in [-0.2, -0.15) is 5.10 Å².